The Morgan fingerprint density at radius 3 is 2.35 bits per heavy atom. The van der Waals surface area contributed by atoms with E-state index in [-0.39, 0.29) is 22.0 Å². The van der Waals surface area contributed by atoms with Gasteiger partial charge in [-0.1, -0.05) is 41.9 Å². The summed E-state index contributed by atoms with van der Waals surface area (Å²) in [5, 5.41) is 12.5. The summed E-state index contributed by atoms with van der Waals surface area (Å²) in [5.41, 5.74) is 2.73. The number of hydrogen-bond donors (Lipinski definition) is 2. The molecule has 0 spiro atoms. The Morgan fingerprint density at radius 1 is 0.971 bits per heavy atom. The van der Waals surface area contributed by atoms with E-state index >= 15 is 0 Å². The van der Waals surface area contributed by atoms with Crippen LogP contribution in [0.5, 0.6) is 11.6 Å². The normalized spacial score (nSPS) is 11.5. The molecule has 0 saturated heterocycles. The Morgan fingerprint density at radius 2 is 1.65 bits per heavy atom. The van der Waals surface area contributed by atoms with Crippen molar-refractivity contribution >= 4 is 23.5 Å². The predicted molar refractivity (Wildman–Crippen MR) is 128 cm³/mol. The molecule has 0 aliphatic carbocycles. The zero-order valence-corrected chi connectivity index (χ0v) is 18.9. The van der Waals surface area contributed by atoms with Crippen LogP contribution in [0.15, 0.2) is 85.3 Å². The number of pyridine rings is 2. The fraction of sp³-hybridized carbons (Fsp3) is 0.0769. The second kappa shape index (κ2) is 10.1. The van der Waals surface area contributed by atoms with E-state index in [0.29, 0.717) is 11.3 Å². The molecule has 0 fully saturated rings. The van der Waals surface area contributed by atoms with Crippen molar-refractivity contribution in [2.24, 2.45) is 0 Å². The van der Waals surface area contributed by atoms with Crippen molar-refractivity contribution in [3.63, 3.8) is 0 Å². The number of halogens is 1. The maximum atomic E-state index is 13.1. The number of nitrogens with one attached hydrogen (secondary N) is 1. The van der Waals surface area contributed by atoms with Crippen molar-refractivity contribution in [1.82, 2.24) is 15.3 Å². The minimum absolute atomic E-state index is 0.0808. The quantitative estimate of drug-likeness (QED) is 0.353. The number of aromatic carboxylic acids is 1. The molecule has 0 aliphatic rings. The summed E-state index contributed by atoms with van der Waals surface area (Å²) in [4.78, 5) is 32.8. The fourth-order valence-electron chi connectivity index (χ4n) is 3.46. The van der Waals surface area contributed by atoms with Gasteiger partial charge in [-0.05, 0) is 60.0 Å². The lowest BCUT2D eigenvalue weighted by Gasteiger charge is -2.17. The first kappa shape index (κ1) is 22.9. The van der Waals surface area contributed by atoms with Gasteiger partial charge < -0.3 is 15.2 Å². The van der Waals surface area contributed by atoms with Crippen LogP contribution in [0.25, 0.3) is 11.1 Å². The van der Waals surface area contributed by atoms with Crippen molar-refractivity contribution in [2.75, 3.05) is 0 Å². The lowest BCUT2D eigenvalue weighted by molar-refractivity contribution is 0.0693. The van der Waals surface area contributed by atoms with E-state index in [1.807, 2.05) is 24.3 Å². The number of carboxylic acid groups (broad SMARTS) is 1. The summed E-state index contributed by atoms with van der Waals surface area (Å²) >= 11 is 6.09. The van der Waals surface area contributed by atoms with Crippen LogP contribution in [0.2, 0.25) is 5.02 Å². The fourth-order valence-corrected chi connectivity index (χ4v) is 3.62. The zero-order chi connectivity index (χ0) is 24.1. The molecule has 2 aromatic carbocycles. The topological polar surface area (TPSA) is 101 Å². The van der Waals surface area contributed by atoms with Crippen molar-refractivity contribution in [3.05, 3.63) is 107 Å². The predicted octanol–water partition coefficient (Wildman–Crippen LogP) is 5.78. The van der Waals surface area contributed by atoms with E-state index in [4.69, 9.17) is 16.3 Å². The maximum absolute atomic E-state index is 13.1. The van der Waals surface area contributed by atoms with Crippen LogP contribution in [0.1, 0.15) is 39.2 Å². The molecule has 34 heavy (non-hydrogen) atoms. The average Bonchev–Trinajstić information content (AvgIpc) is 2.86. The summed E-state index contributed by atoms with van der Waals surface area (Å²) in [6.07, 6.45) is 4.83. The van der Waals surface area contributed by atoms with Gasteiger partial charge in [0.15, 0.2) is 0 Å². The molecule has 0 radical (unpaired) electrons. The van der Waals surface area contributed by atoms with Crippen LogP contribution in [0.4, 0.5) is 0 Å². The third kappa shape index (κ3) is 5.22. The second-order valence-corrected chi connectivity index (χ2v) is 7.89. The molecular formula is C26H20ClN3O4. The average molecular weight is 474 g/mol. The molecule has 1 amide bonds. The minimum atomic E-state index is -1.07. The molecule has 0 saturated carbocycles. The lowest BCUT2D eigenvalue weighted by Crippen LogP contribution is -2.28. The van der Waals surface area contributed by atoms with E-state index in [1.54, 1.807) is 49.6 Å². The first-order valence-electron chi connectivity index (χ1n) is 10.4. The molecule has 0 unspecified atom stereocenters. The third-order valence-electron chi connectivity index (χ3n) is 5.15. The molecule has 7 nitrogen and oxygen atoms in total. The van der Waals surface area contributed by atoms with Gasteiger partial charge in [0.25, 0.3) is 5.91 Å². The van der Waals surface area contributed by atoms with Crippen molar-refractivity contribution in [3.8, 4) is 22.8 Å². The highest BCUT2D eigenvalue weighted by atomic mass is 35.5. The number of hydrogen-bond acceptors (Lipinski definition) is 5. The molecule has 2 aromatic heterocycles. The number of carbonyl (C=O) groups is 2. The SMILES string of the molecule is C[C@H](NC(=O)c1cc(Cl)cnc1Oc1ccc(-c2ccncc2)cc1)c1ccccc1C(=O)O. The van der Waals surface area contributed by atoms with Gasteiger partial charge in [0.1, 0.15) is 11.3 Å². The summed E-state index contributed by atoms with van der Waals surface area (Å²) in [6.45, 7) is 1.70. The van der Waals surface area contributed by atoms with Crippen LogP contribution >= 0.6 is 11.6 Å². The monoisotopic (exact) mass is 473 g/mol. The second-order valence-electron chi connectivity index (χ2n) is 7.46. The van der Waals surface area contributed by atoms with Crippen molar-refractivity contribution < 1.29 is 19.4 Å². The van der Waals surface area contributed by atoms with Crippen LogP contribution in [0, 0.1) is 0 Å². The molecule has 170 valence electrons. The van der Waals surface area contributed by atoms with Crippen LogP contribution in [-0.4, -0.2) is 27.0 Å². The van der Waals surface area contributed by atoms with Crippen molar-refractivity contribution in [2.45, 2.75) is 13.0 Å². The minimum Gasteiger partial charge on any atom is -0.478 e. The van der Waals surface area contributed by atoms with E-state index in [9.17, 15) is 14.7 Å². The number of carbonyl (C=O) groups excluding carboxylic acids is 1. The Labute approximate surface area is 201 Å². The zero-order valence-electron chi connectivity index (χ0n) is 18.1. The standard InChI is InChI=1S/C26H20ClN3O4/c1-16(21-4-2-3-5-22(21)26(32)33)30-24(31)23-14-19(27)15-29-25(23)34-20-8-6-17(7-9-20)18-10-12-28-13-11-18/h2-16H,1H3,(H,30,31)(H,32,33)/t16-/m0/s1. The molecule has 0 bridgehead atoms. The third-order valence-corrected chi connectivity index (χ3v) is 5.36. The lowest BCUT2D eigenvalue weighted by atomic mass is 10.0. The first-order chi connectivity index (χ1) is 16.4. The van der Waals surface area contributed by atoms with Gasteiger partial charge >= 0.3 is 5.97 Å². The number of nitrogens with zero attached hydrogens (tertiary/aromatic N) is 2. The molecule has 2 N–H and O–H groups in total. The number of amides is 1. The largest absolute Gasteiger partial charge is 0.478 e. The van der Waals surface area contributed by atoms with Gasteiger partial charge in [-0.2, -0.15) is 0 Å². The highest BCUT2D eigenvalue weighted by Gasteiger charge is 2.21. The molecule has 2 heterocycles. The molecule has 8 heteroatoms. The van der Waals surface area contributed by atoms with Gasteiger partial charge in [-0.3, -0.25) is 9.78 Å². The first-order valence-corrected chi connectivity index (χ1v) is 10.8. The van der Waals surface area contributed by atoms with Gasteiger partial charge in [0.2, 0.25) is 5.88 Å². The smallest absolute Gasteiger partial charge is 0.336 e. The van der Waals surface area contributed by atoms with Gasteiger partial charge in [-0.25, -0.2) is 9.78 Å². The summed E-state index contributed by atoms with van der Waals surface area (Å²) in [6, 6.07) is 18.5. The van der Waals surface area contributed by atoms with E-state index in [2.05, 4.69) is 15.3 Å². The van der Waals surface area contributed by atoms with E-state index in [1.165, 1.54) is 18.3 Å². The highest BCUT2D eigenvalue weighted by Crippen LogP contribution is 2.28. The number of carboxylic acids is 1. The molecule has 4 aromatic rings. The van der Waals surface area contributed by atoms with Gasteiger partial charge in [0, 0.05) is 18.6 Å². The molecule has 0 aliphatic heterocycles. The number of aromatic nitrogens is 2. The molecule has 4 rings (SSSR count). The van der Waals surface area contributed by atoms with Gasteiger partial charge in [-0.15, -0.1) is 0 Å². The maximum Gasteiger partial charge on any atom is 0.336 e. The number of ether oxygens (including phenoxy) is 1. The van der Waals surface area contributed by atoms with Crippen molar-refractivity contribution in [1.29, 1.82) is 0 Å². The molecular weight excluding hydrogens is 454 g/mol. The summed E-state index contributed by atoms with van der Waals surface area (Å²) < 4.78 is 5.89. The van der Waals surface area contributed by atoms with Crippen LogP contribution in [-0.2, 0) is 0 Å². The highest BCUT2D eigenvalue weighted by molar-refractivity contribution is 6.30. The molecule has 1 atom stereocenters. The number of rotatable bonds is 7. The Bertz CT molecular complexity index is 1330. The van der Waals surface area contributed by atoms with E-state index < -0.39 is 17.9 Å². The van der Waals surface area contributed by atoms with E-state index in [0.717, 1.165) is 11.1 Å². The Balaban J connectivity index is 1.55. The Kier molecular flexibility index (Phi) is 6.85. The van der Waals surface area contributed by atoms with Crippen LogP contribution < -0.4 is 10.1 Å². The Hall–Kier alpha value is -4.23. The number of benzene rings is 2. The van der Waals surface area contributed by atoms with Gasteiger partial charge in [0.05, 0.1) is 16.6 Å². The summed E-state index contributed by atoms with van der Waals surface area (Å²) in [7, 11) is 0. The summed E-state index contributed by atoms with van der Waals surface area (Å²) in [5.74, 6) is -0.991. The van der Waals surface area contributed by atoms with Crippen LogP contribution in [0.3, 0.4) is 0 Å².